The van der Waals surface area contributed by atoms with Crippen LogP contribution in [0.4, 0.5) is 0 Å². The van der Waals surface area contributed by atoms with Gasteiger partial charge in [0, 0.05) is 0 Å². The topological polar surface area (TPSA) is 121 Å². The van der Waals surface area contributed by atoms with E-state index < -0.39 is 36.8 Å². The summed E-state index contributed by atoms with van der Waals surface area (Å²) in [4.78, 5) is 0. The van der Waals surface area contributed by atoms with Gasteiger partial charge in [-0.25, -0.2) is 0 Å². The largest absolute Gasteiger partial charge is 0.509 e. The van der Waals surface area contributed by atoms with E-state index in [0.29, 0.717) is 17.6 Å². The van der Waals surface area contributed by atoms with Crippen molar-refractivity contribution in [2.24, 2.45) is 0 Å². The highest BCUT2D eigenvalue weighted by atomic mass is 16.4. The van der Waals surface area contributed by atoms with Gasteiger partial charge in [-0.15, -0.1) is 0 Å². The molecule has 118 valence electrons. The molecule has 0 aliphatic heterocycles. The highest BCUT2D eigenvalue weighted by Crippen LogP contribution is 2.24. The van der Waals surface area contributed by atoms with Crippen LogP contribution < -0.4 is 0 Å². The third-order valence-electron chi connectivity index (χ3n) is 3.32. The number of aliphatic hydroxyl groups excluding tert-OH is 6. The van der Waals surface area contributed by atoms with E-state index in [1.54, 1.807) is 37.3 Å². The lowest BCUT2D eigenvalue weighted by atomic mass is 9.95. The maximum absolute atomic E-state index is 10.1. The number of rotatable bonds is 7. The smallest absolute Gasteiger partial charge is 0.139 e. The third-order valence-corrected chi connectivity index (χ3v) is 3.32. The average Bonchev–Trinajstić information content (AvgIpc) is 2.53. The first-order valence-corrected chi connectivity index (χ1v) is 6.74. The molecule has 1 aromatic carbocycles. The Morgan fingerprint density at radius 1 is 1.00 bits per heavy atom. The van der Waals surface area contributed by atoms with Crippen LogP contribution in [0.25, 0.3) is 5.57 Å². The molecule has 6 heteroatoms. The summed E-state index contributed by atoms with van der Waals surface area (Å²) in [6, 6.07) is 8.83. The average molecular weight is 298 g/mol. The number of benzene rings is 1. The zero-order valence-corrected chi connectivity index (χ0v) is 11.8. The fourth-order valence-corrected chi connectivity index (χ4v) is 2.04. The Bertz CT molecular complexity index is 458. The minimum absolute atomic E-state index is 0.401. The Kier molecular flexibility index (Phi) is 6.80. The molecule has 0 saturated heterocycles. The molecule has 0 aliphatic carbocycles. The van der Waals surface area contributed by atoms with Crippen molar-refractivity contribution in [1.82, 2.24) is 0 Å². The van der Waals surface area contributed by atoms with Gasteiger partial charge in [0.25, 0.3) is 0 Å². The normalized spacial score (nSPS) is 18.6. The van der Waals surface area contributed by atoms with E-state index in [1.165, 1.54) is 0 Å². The van der Waals surface area contributed by atoms with E-state index in [9.17, 15) is 25.5 Å². The van der Waals surface area contributed by atoms with Gasteiger partial charge in [-0.2, -0.15) is 0 Å². The third kappa shape index (κ3) is 4.26. The van der Waals surface area contributed by atoms with Crippen LogP contribution in [0, 0.1) is 0 Å². The van der Waals surface area contributed by atoms with E-state index in [0.717, 1.165) is 0 Å². The molecule has 1 aromatic rings. The Morgan fingerprint density at radius 2 is 1.57 bits per heavy atom. The molecule has 6 N–H and O–H groups in total. The molecule has 0 unspecified atom stereocenters. The zero-order valence-electron chi connectivity index (χ0n) is 11.8. The van der Waals surface area contributed by atoms with Crippen molar-refractivity contribution in [3.05, 3.63) is 41.7 Å². The molecule has 0 spiro atoms. The van der Waals surface area contributed by atoms with Crippen molar-refractivity contribution in [3.63, 3.8) is 0 Å². The number of hydrogen-bond donors (Lipinski definition) is 6. The SMILES string of the molecule is CCC(=C(O)[C@H](O)[C@@H](O)[C@H](O)[C@H](O)CO)c1ccccc1. The minimum atomic E-state index is -1.82. The van der Waals surface area contributed by atoms with Gasteiger partial charge in [0.05, 0.1) is 6.61 Å². The first-order chi connectivity index (χ1) is 9.93. The highest BCUT2D eigenvalue weighted by Gasteiger charge is 2.33. The summed E-state index contributed by atoms with van der Waals surface area (Å²) in [5.74, 6) is -0.472. The van der Waals surface area contributed by atoms with Crippen molar-refractivity contribution in [3.8, 4) is 0 Å². The highest BCUT2D eigenvalue weighted by molar-refractivity contribution is 5.67. The zero-order chi connectivity index (χ0) is 16.0. The molecular weight excluding hydrogens is 276 g/mol. The lowest BCUT2D eigenvalue weighted by molar-refractivity contribution is -0.112. The molecule has 0 fully saturated rings. The van der Waals surface area contributed by atoms with Crippen molar-refractivity contribution in [2.45, 2.75) is 37.8 Å². The van der Waals surface area contributed by atoms with E-state index >= 15 is 0 Å². The second-order valence-corrected chi connectivity index (χ2v) is 4.76. The van der Waals surface area contributed by atoms with E-state index in [2.05, 4.69) is 0 Å². The maximum atomic E-state index is 10.1. The maximum Gasteiger partial charge on any atom is 0.139 e. The van der Waals surface area contributed by atoms with Gasteiger partial charge in [-0.05, 0) is 17.6 Å². The number of aliphatic hydroxyl groups is 6. The van der Waals surface area contributed by atoms with E-state index in [1.807, 2.05) is 0 Å². The first-order valence-electron chi connectivity index (χ1n) is 6.74. The van der Waals surface area contributed by atoms with Crippen molar-refractivity contribution in [2.75, 3.05) is 6.61 Å². The molecule has 6 nitrogen and oxygen atoms in total. The standard InChI is InChI=1S/C15H22O6/c1-2-10(9-6-4-3-5-7-9)12(18)14(20)15(21)13(19)11(17)8-16/h3-7,11,13-21H,2,8H2,1H3/t11-,13-,14+,15+/m1/s1. The Morgan fingerprint density at radius 3 is 2.05 bits per heavy atom. The van der Waals surface area contributed by atoms with Crippen LogP contribution in [-0.2, 0) is 0 Å². The molecule has 21 heavy (non-hydrogen) atoms. The summed E-state index contributed by atoms with van der Waals surface area (Å²) < 4.78 is 0. The van der Waals surface area contributed by atoms with Crippen LogP contribution in [-0.4, -0.2) is 61.7 Å². The van der Waals surface area contributed by atoms with Crippen LogP contribution in [0.15, 0.2) is 36.1 Å². The fraction of sp³-hybridized carbons (Fsp3) is 0.467. The molecule has 1 rings (SSSR count). The molecule has 0 saturated carbocycles. The Labute approximate surface area is 123 Å². The molecule has 0 radical (unpaired) electrons. The summed E-state index contributed by atoms with van der Waals surface area (Å²) in [5.41, 5.74) is 1.11. The monoisotopic (exact) mass is 298 g/mol. The first kappa shape index (κ1) is 17.6. The minimum Gasteiger partial charge on any atom is -0.509 e. The molecule has 0 heterocycles. The van der Waals surface area contributed by atoms with Gasteiger partial charge in [0.1, 0.15) is 30.2 Å². The predicted molar refractivity (Wildman–Crippen MR) is 77.4 cm³/mol. The van der Waals surface area contributed by atoms with E-state index in [-0.39, 0.29) is 0 Å². The summed E-state index contributed by atoms with van der Waals surface area (Å²) >= 11 is 0. The quantitative estimate of drug-likeness (QED) is 0.388. The molecule has 0 bridgehead atoms. The molecule has 0 aliphatic rings. The predicted octanol–water partition coefficient (Wildman–Crippen LogP) is -0.198. The molecule has 0 aromatic heterocycles. The fourth-order valence-electron chi connectivity index (χ4n) is 2.04. The van der Waals surface area contributed by atoms with Crippen LogP contribution >= 0.6 is 0 Å². The van der Waals surface area contributed by atoms with Gasteiger partial charge >= 0.3 is 0 Å². The molecular formula is C15H22O6. The van der Waals surface area contributed by atoms with Gasteiger partial charge in [-0.3, -0.25) is 0 Å². The lowest BCUT2D eigenvalue weighted by Gasteiger charge is -2.26. The lowest BCUT2D eigenvalue weighted by Crippen LogP contribution is -2.46. The van der Waals surface area contributed by atoms with Crippen LogP contribution in [0.2, 0.25) is 0 Å². The summed E-state index contributed by atoms with van der Waals surface area (Å²) in [6.07, 6.45) is -6.57. The van der Waals surface area contributed by atoms with Gasteiger partial charge in [0.15, 0.2) is 0 Å². The van der Waals surface area contributed by atoms with Gasteiger partial charge in [0.2, 0.25) is 0 Å². The van der Waals surface area contributed by atoms with Crippen LogP contribution in [0.3, 0.4) is 0 Å². The van der Waals surface area contributed by atoms with Crippen LogP contribution in [0.1, 0.15) is 18.9 Å². The molecule has 4 atom stereocenters. The summed E-state index contributed by atoms with van der Waals surface area (Å²) in [7, 11) is 0. The number of hydrogen-bond acceptors (Lipinski definition) is 6. The second-order valence-electron chi connectivity index (χ2n) is 4.76. The Hall–Kier alpha value is -1.44. The summed E-state index contributed by atoms with van der Waals surface area (Å²) in [5, 5.41) is 57.4. The number of allylic oxidation sites excluding steroid dienone is 1. The molecule has 0 amide bonds. The second kappa shape index (κ2) is 8.11. The summed E-state index contributed by atoms with van der Waals surface area (Å²) in [6.45, 7) is 1.01. The van der Waals surface area contributed by atoms with Gasteiger partial charge in [-0.1, -0.05) is 37.3 Å². The van der Waals surface area contributed by atoms with Crippen molar-refractivity contribution in [1.29, 1.82) is 0 Å². The Balaban J connectivity index is 3.02. The van der Waals surface area contributed by atoms with Gasteiger partial charge < -0.3 is 30.6 Å². The van der Waals surface area contributed by atoms with Crippen LogP contribution in [0.5, 0.6) is 0 Å². The van der Waals surface area contributed by atoms with E-state index in [4.69, 9.17) is 5.11 Å². The van der Waals surface area contributed by atoms with Crippen molar-refractivity contribution < 1.29 is 30.6 Å². The van der Waals surface area contributed by atoms with Crippen molar-refractivity contribution >= 4 is 5.57 Å².